The van der Waals surface area contributed by atoms with Gasteiger partial charge in [-0.3, -0.25) is 0 Å². The molecular weight excluding hydrogens is 304 g/mol. The molecule has 1 heterocycles. The Morgan fingerprint density at radius 3 is 2.50 bits per heavy atom. The van der Waals surface area contributed by atoms with E-state index in [4.69, 9.17) is 0 Å². The van der Waals surface area contributed by atoms with Gasteiger partial charge in [-0.2, -0.15) is 20.5 Å². The van der Waals surface area contributed by atoms with Gasteiger partial charge in [0.2, 0.25) is 9.84 Å². The highest BCUT2D eigenvalue weighted by molar-refractivity contribution is 8.00. The van der Waals surface area contributed by atoms with E-state index >= 15 is 0 Å². The Morgan fingerprint density at radius 1 is 1.30 bits per heavy atom. The van der Waals surface area contributed by atoms with E-state index in [2.05, 4.69) is 12.2 Å². The summed E-state index contributed by atoms with van der Waals surface area (Å²) >= 11 is 1.90. The van der Waals surface area contributed by atoms with E-state index in [0.29, 0.717) is 11.3 Å². The molecule has 2 rings (SSSR count). The van der Waals surface area contributed by atoms with Gasteiger partial charge in [-0.05, 0) is 42.9 Å². The van der Waals surface area contributed by atoms with E-state index in [1.54, 1.807) is 12.1 Å². The Bertz CT molecular complexity index is 546. The SMILES string of the molecule is CC1SCCCC1Nc1ccc(S(=O)(=O)C(F)F)cc1. The maximum Gasteiger partial charge on any atom is 0.341 e. The van der Waals surface area contributed by atoms with Crippen molar-refractivity contribution in [2.24, 2.45) is 0 Å². The van der Waals surface area contributed by atoms with Crippen molar-refractivity contribution < 1.29 is 17.2 Å². The molecule has 0 saturated carbocycles. The molecule has 1 aromatic rings. The van der Waals surface area contributed by atoms with Gasteiger partial charge in [-0.15, -0.1) is 0 Å². The summed E-state index contributed by atoms with van der Waals surface area (Å²) in [6.45, 7) is 2.15. The first-order chi connectivity index (χ1) is 9.41. The quantitative estimate of drug-likeness (QED) is 0.923. The molecule has 1 aliphatic rings. The van der Waals surface area contributed by atoms with E-state index in [1.165, 1.54) is 12.1 Å². The normalized spacial score (nSPS) is 23.8. The highest BCUT2D eigenvalue weighted by Gasteiger charge is 2.26. The van der Waals surface area contributed by atoms with Crippen LogP contribution >= 0.6 is 11.8 Å². The molecule has 0 amide bonds. The molecule has 0 radical (unpaired) electrons. The molecule has 0 spiro atoms. The number of sulfone groups is 1. The van der Waals surface area contributed by atoms with Crippen LogP contribution in [0, 0.1) is 0 Å². The fourth-order valence-electron chi connectivity index (χ4n) is 2.17. The van der Waals surface area contributed by atoms with Gasteiger partial charge in [-0.1, -0.05) is 6.92 Å². The van der Waals surface area contributed by atoms with Crippen molar-refractivity contribution in [3.63, 3.8) is 0 Å². The number of benzene rings is 1. The number of thioether (sulfide) groups is 1. The molecule has 7 heteroatoms. The van der Waals surface area contributed by atoms with Crippen LogP contribution in [-0.4, -0.2) is 31.2 Å². The van der Waals surface area contributed by atoms with E-state index in [1.807, 2.05) is 11.8 Å². The highest BCUT2D eigenvalue weighted by atomic mass is 32.2. The Balaban J connectivity index is 2.09. The summed E-state index contributed by atoms with van der Waals surface area (Å²) in [6.07, 6.45) is 2.20. The molecule has 1 aliphatic heterocycles. The predicted octanol–water partition coefficient (Wildman–Crippen LogP) is 3.38. The standard InChI is InChI=1S/C13H17F2NO2S2/c1-9-12(3-2-8-19-9)16-10-4-6-11(7-5-10)20(17,18)13(14)15/h4-7,9,12-13,16H,2-3,8H2,1H3. The van der Waals surface area contributed by atoms with E-state index in [-0.39, 0.29) is 4.90 Å². The second-order valence-corrected chi connectivity index (χ2v) is 8.20. The molecule has 3 nitrogen and oxygen atoms in total. The summed E-state index contributed by atoms with van der Waals surface area (Å²) < 4.78 is 47.5. The molecule has 2 unspecified atom stereocenters. The van der Waals surface area contributed by atoms with Crippen LogP contribution in [0.4, 0.5) is 14.5 Å². The van der Waals surface area contributed by atoms with Crippen molar-refractivity contribution in [2.75, 3.05) is 11.1 Å². The van der Waals surface area contributed by atoms with E-state index in [0.717, 1.165) is 24.3 Å². The van der Waals surface area contributed by atoms with Crippen LogP contribution in [0.15, 0.2) is 29.2 Å². The van der Waals surface area contributed by atoms with Gasteiger partial charge >= 0.3 is 5.76 Å². The summed E-state index contributed by atoms with van der Waals surface area (Å²) in [5.74, 6) is -2.22. The summed E-state index contributed by atoms with van der Waals surface area (Å²) in [7, 11) is -4.50. The third-order valence-electron chi connectivity index (χ3n) is 3.38. The fourth-order valence-corrected chi connectivity index (χ4v) is 4.03. The third kappa shape index (κ3) is 3.44. The van der Waals surface area contributed by atoms with Gasteiger partial charge in [0, 0.05) is 17.0 Å². The lowest BCUT2D eigenvalue weighted by Gasteiger charge is -2.30. The first kappa shape index (κ1) is 15.6. The van der Waals surface area contributed by atoms with Crippen LogP contribution in [0.1, 0.15) is 19.8 Å². The van der Waals surface area contributed by atoms with Gasteiger partial charge in [0.05, 0.1) is 4.90 Å². The second kappa shape index (κ2) is 6.30. The van der Waals surface area contributed by atoms with Crippen molar-refractivity contribution in [3.05, 3.63) is 24.3 Å². The number of rotatable bonds is 4. The van der Waals surface area contributed by atoms with Gasteiger partial charge in [0.15, 0.2) is 0 Å². The monoisotopic (exact) mass is 321 g/mol. The van der Waals surface area contributed by atoms with E-state index in [9.17, 15) is 17.2 Å². The zero-order valence-electron chi connectivity index (χ0n) is 11.1. The average Bonchev–Trinajstić information content (AvgIpc) is 2.42. The number of halogens is 2. The fraction of sp³-hybridized carbons (Fsp3) is 0.538. The van der Waals surface area contributed by atoms with Crippen molar-refractivity contribution in [3.8, 4) is 0 Å². The number of hydrogen-bond donors (Lipinski definition) is 1. The minimum Gasteiger partial charge on any atom is -0.381 e. The average molecular weight is 321 g/mol. The maximum atomic E-state index is 12.4. The lowest BCUT2D eigenvalue weighted by molar-refractivity contribution is 0.234. The molecule has 2 atom stereocenters. The van der Waals surface area contributed by atoms with Crippen LogP contribution in [0.3, 0.4) is 0 Å². The molecule has 20 heavy (non-hydrogen) atoms. The van der Waals surface area contributed by atoms with Gasteiger partial charge < -0.3 is 5.32 Å². The summed E-state index contributed by atoms with van der Waals surface area (Å²) in [4.78, 5) is -0.343. The highest BCUT2D eigenvalue weighted by Crippen LogP contribution is 2.28. The minimum atomic E-state index is -4.50. The van der Waals surface area contributed by atoms with Crippen molar-refractivity contribution in [1.82, 2.24) is 0 Å². The number of hydrogen-bond acceptors (Lipinski definition) is 4. The second-order valence-electron chi connectivity index (χ2n) is 4.80. The Hall–Kier alpha value is -0.820. The maximum absolute atomic E-state index is 12.4. The van der Waals surface area contributed by atoms with Gasteiger partial charge in [0.1, 0.15) is 0 Å². The Kier molecular flexibility index (Phi) is 4.90. The Morgan fingerprint density at radius 2 is 1.95 bits per heavy atom. The molecule has 112 valence electrons. The smallest absolute Gasteiger partial charge is 0.341 e. The van der Waals surface area contributed by atoms with Crippen molar-refractivity contribution in [1.29, 1.82) is 0 Å². The molecule has 0 aliphatic carbocycles. The third-order valence-corrected chi connectivity index (χ3v) is 6.15. The zero-order chi connectivity index (χ0) is 14.8. The lowest BCUT2D eigenvalue weighted by Crippen LogP contribution is -2.32. The van der Waals surface area contributed by atoms with Crippen LogP contribution in [-0.2, 0) is 9.84 Å². The first-order valence-electron chi connectivity index (χ1n) is 6.41. The van der Waals surface area contributed by atoms with Crippen LogP contribution in [0.2, 0.25) is 0 Å². The van der Waals surface area contributed by atoms with Gasteiger partial charge in [0.25, 0.3) is 0 Å². The molecule has 1 saturated heterocycles. The zero-order valence-corrected chi connectivity index (χ0v) is 12.7. The van der Waals surface area contributed by atoms with Crippen LogP contribution in [0.5, 0.6) is 0 Å². The Labute approximate surface area is 122 Å². The summed E-state index contributed by atoms with van der Waals surface area (Å²) in [6, 6.07) is 5.86. The molecule has 1 fully saturated rings. The molecule has 1 N–H and O–H groups in total. The van der Waals surface area contributed by atoms with Crippen molar-refractivity contribution >= 4 is 27.3 Å². The predicted molar refractivity (Wildman–Crippen MR) is 78.2 cm³/mol. The summed E-state index contributed by atoms with van der Waals surface area (Å²) in [5, 5.41) is 3.82. The lowest BCUT2D eigenvalue weighted by atomic mass is 10.1. The van der Waals surface area contributed by atoms with Crippen LogP contribution in [0.25, 0.3) is 0 Å². The van der Waals surface area contributed by atoms with Gasteiger partial charge in [-0.25, -0.2) is 8.42 Å². The molecular formula is C13H17F2NO2S2. The molecule has 0 aromatic heterocycles. The number of anilines is 1. The van der Waals surface area contributed by atoms with Crippen molar-refractivity contribution in [2.45, 2.75) is 41.7 Å². The largest absolute Gasteiger partial charge is 0.381 e. The first-order valence-corrected chi connectivity index (χ1v) is 9.01. The number of alkyl halides is 2. The van der Waals surface area contributed by atoms with Crippen LogP contribution < -0.4 is 5.32 Å². The topological polar surface area (TPSA) is 46.2 Å². The van der Waals surface area contributed by atoms with E-state index < -0.39 is 15.6 Å². The minimum absolute atomic E-state index is 0.325. The molecule has 0 bridgehead atoms. The number of nitrogens with one attached hydrogen (secondary N) is 1. The summed E-state index contributed by atoms with van der Waals surface area (Å²) in [5.41, 5.74) is 0.762. The molecule has 1 aromatic carbocycles.